The van der Waals surface area contributed by atoms with Gasteiger partial charge < -0.3 is 4.57 Å². The molecule has 0 spiro atoms. The highest BCUT2D eigenvalue weighted by Gasteiger charge is 2.07. The van der Waals surface area contributed by atoms with E-state index in [0.717, 1.165) is 7.40 Å². The lowest BCUT2D eigenvalue weighted by Gasteiger charge is -2.00. The van der Waals surface area contributed by atoms with Gasteiger partial charge in [0.25, 0.3) is 0 Å². The number of Topliss-reactive ketones (excluding diaryl/α,β-unsaturated/α-hetero) is 1. The molecule has 0 bridgehead atoms. The number of ketones is 1. The summed E-state index contributed by atoms with van der Waals surface area (Å²) in [5, 5.41) is 0. The number of carbonyl (C=O) groups is 1. The van der Waals surface area contributed by atoms with Crippen LogP contribution in [0.4, 0.5) is 0 Å². The van der Waals surface area contributed by atoms with Gasteiger partial charge in [-0.05, 0) is 45.2 Å². The molecule has 0 radical (unpaired) electrons. The first-order chi connectivity index (χ1) is 5.65. The Kier molecular flexibility index (Phi) is 3.94. The van der Waals surface area contributed by atoms with Crippen LogP contribution in [0.25, 0.3) is 0 Å². The van der Waals surface area contributed by atoms with Gasteiger partial charge in [-0.2, -0.15) is 0 Å². The third-order valence-corrected chi connectivity index (χ3v) is 4.43. The molecule has 1 aromatic heterocycles. The molecule has 0 aliphatic rings. The van der Waals surface area contributed by atoms with E-state index in [1.54, 1.807) is 6.33 Å². The molecule has 0 saturated carbocycles. The smallest absolute Gasteiger partial charge is 0.152 e. The first-order valence-corrected chi connectivity index (χ1v) is 5.68. The SMILES string of the molecule is CCC(=O)Cn1cnc(I)c1I. The van der Waals surface area contributed by atoms with Crippen LogP contribution in [0.3, 0.4) is 0 Å². The van der Waals surface area contributed by atoms with E-state index in [0.29, 0.717) is 13.0 Å². The molecule has 0 atom stereocenters. The lowest BCUT2D eigenvalue weighted by molar-refractivity contribution is -0.119. The van der Waals surface area contributed by atoms with Gasteiger partial charge in [0.2, 0.25) is 0 Å². The molecular weight excluding hydrogens is 382 g/mol. The number of aromatic nitrogens is 2. The highest BCUT2D eigenvalue weighted by Crippen LogP contribution is 2.12. The molecule has 12 heavy (non-hydrogen) atoms. The molecule has 1 aromatic rings. The van der Waals surface area contributed by atoms with Crippen molar-refractivity contribution in [1.29, 1.82) is 0 Å². The van der Waals surface area contributed by atoms with Crippen LogP contribution in [0.5, 0.6) is 0 Å². The Labute approximate surface area is 98.2 Å². The summed E-state index contributed by atoms with van der Waals surface area (Å²) in [6, 6.07) is 0. The monoisotopic (exact) mass is 390 g/mol. The molecule has 0 unspecified atom stereocenters. The maximum absolute atomic E-state index is 11.1. The van der Waals surface area contributed by atoms with E-state index in [1.165, 1.54) is 0 Å². The van der Waals surface area contributed by atoms with Crippen LogP contribution in [-0.4, -0.2) is 15.3 Å². The third kappa shape index (κ3) is 2.41. The second kappa shape index (κ2) is 4.54. The molecule has 0 aliphatic carbocycles. The van der Waals surface area contributed by atoms with Crippen molar-refractivity contribution in [1.82, 2.24) is 9.55 Å². The summed E-state index contributed by atoms with van der Waals surface area (Å²) >= 11 is 4.34. The summed E-state index contributed by atoms with van der Waals surface area (Å²) in [6.45, 7) is 2.32. The Hall–Kier alpha value is 0.340. The lowest BCUT2D eigenvalue weighted by Crippen LogP contribution is -2.09. The fourth-order valence-electron chi connectivity index (χ4n) is 0.755. The Bertz CT molecular complexity index is 296. The minimum absolute atomic E-state index is 0.238. The molecular formula is C7H8I2N2O. The predicted molar refractivity (Wildman–Crippen MR) is 63.0 cm³/mol. The lowest BCUT2D eigenvalue weighted by atomic mass is 10.3. The second-order valence-corrected chi connectivity index (χ2v) is 4.39. The Morgan fingerprint density at radius 3 is 2.75 bits per heavy atom. The van der Waals surface area contributed by atoms with Crippen LogP contribution in [0.15, 0.2) is 6.33 Å². The number of carbonyl (C=O) groups excluding carboxylic acids is 1. The van der Waals surface area contributed by atoms with E-state index < -0.39 is 0 Å². The minimum Gasteiger partial charge on any atom is -0.318 e. The first kappa shape index (κ1) is 10.4. The summed E-state index contributed by atoms with van der Waals surface area (Å²) in [5.41, 5.74) is 0. The van der Waals surface area contributed by atoms with E-state index in [1.807, 2.05) is 11.5 Å². The van der Waals surface area contributed by atoms with Crippen molar-refractivity contribution in [3.05, 3.63) is 13.7 Å². The summed E-state index contributed by atoms with van der Waals surface area (Å²) in [6.07, 6.45) is 2.29. The highest BCUT2D eigenvalue weighted by molar-refractivity contribution is 14.1. The highest BCUT2D eigenvalue weighted by atomic mass is 127. The molecule has 1 rings (SSSR count). The number of imidazole rings is 1. The largest absolute Gasteiger partial charge is 0.318 e. The van der Waals surface area contributed by atoms with E-state index in [2.05, 4.69) is 50.2 Å². The topological polar surface area (TPSA) is 34.9 Å². The van der Waals surface area contributed by atoms with Gasteiger partial charge in [0.1, 0.15) is 7.40 Å². The van der Waals surface area contributed by atoms with Crippen molar-refractivity contribution >= 4 is 51.0 Å². The van der Waals surface area contributed by atoms with Gasteiger partial charge in [-0.15, -0.1) is 0 Å². The molecule has 5 heteroatoms. The van der Waals surface area contributed by atoms with Crippen LogP contribution in [0.2, 0.25) is 0 Å². The van der Waals surface area contributed by atoms with Gasteiger partial charge in [-0.3, -0.25) is 4.79 Å². The van der Waals surface area contributed by atoms with Gasteiger partial charge in [-0.1, -0.05) is 6.92 Å². The van der Waals surface area contributed by atoms with Crippen LogP contribution in [0, 0.1) is 7.40 Å². The molecule has 0 saturated heterocycles. The van der Waals surface area contributed by atoms with Crippen molar-refractivity contribution in [3.8, 4) is 0 Å². The molecule has 0 aliphatic heterocycles. The molecule has 0 amide bonds. The standard InChI is InChI=1S/C7H8I2N2O/c1-2-5(12)3-11-4-10-6(8)7(11)9/h4H,2-3H2,1H3. The number of halogens is 2. The van der Waals surface area contributed by atoms with Crippen molar-refractivity contribution < 1.29 is 4.79 Å². The molecule has 0 aromatic carbocycles. The normalized spacial score (nSPS) is 10.2. The van der Waals surface area contributed by atoms with E-state index in [-0.39, 0.29) is 5.78 Å². The zero-order valence-corrected chi connectivity index (χ0v) is 10.9. The maximum atomic E-state index is 11.1. The molecule has 66 valence electrons. The van der Waals surface area contributed by atoms with Crippen molar-refractivity contribution in [2.75, 3.05) is 0 Å². The zero-order chi connectivity index (χ0) is 9.14. The molecule has 3 nitrogen and oxygen atoms in total. The molecule has 0 N–H and O–H groups in total. The summed E-state index contributed by atoms with van der Waals surface area (Å²) in [5.74, 6) is 0.238. The van der Waals surface area contributed by atoms with Crippen molar-refractivity contribution in [3.63, 3.8) is 0 Å². The predicted octanol–water partition coefficient (Wildman–Crippen LogP) is 2.07. The average molecular weight is 390 g/mol. The number of hydrogen-bond donors (Lipinski definition) is 0. The van der Waals surface area contributed by atoms with Gasteiger partial charge in [0.05, 0.1) is 12.9 Å². The van der Waals surface area contributed by atoms with Gasteiger partial charge in [0, 0.05) is 6.42 Å². The number of nitrogens with zero attached hydrogens (tertiary/aromatic N) is 2. The van der Waals surface area contributed by atoms with Crippen LogP contribution >= 0.6 is 45.2 Å². The summed E-state index contributed by atoms with van der Waals surface area (Å²) in [4.78, 5) is 15.2. The van der Waals surface area contributed by atoms with Crippen LogP contribution in [0.1, 0.15) is 13.3 Å². The fraction of sp³-hybridized carbons (Fsp3) is 0.429. The van der Waals surface area contributed by atoms with E-state index in [4.69, 9.17) is 0 Å². The Morgan fingerprint density at radius 1 is 1.67 bits per heavy atom. The molecule has 0 fully saturated rings. The fourth-order valence-corrected chi connectivity index (χ4v) is 1.62. The van der Waals surface area contributed by atoms with Crippen molar-refractivity contribution in [2.45, 2.75) is 19.9 Å². The molecule has 1 heterocycles. The number of hydrogen-bond acceptors (Lipinski definition) is 2. The minimum atomic E-state index is 0.238. The Balaban J connectivity index is 2.76. The quantitative estimate of drug-likeness (QED) is 0.742. The van der Waals surface area contributed by atoms with E-state index >= 15 is 0 Å². The summed E-state index contributed by atoms with van der Waals surface area (Å²) < 4.78 is 3.86. The third-order valence-electron chi connectivity index (χ3n) is 1.47. The number of rotatable bonds is 3. The van der Waals surface area contributed by atoms with Gasteiger partial charge in [-0.25, -0.2) is 4.98 Å². The zero-order valence-electron chi connectivity index (χ0n) is 6.55. The van der Waals surface area contributed by atoms with E-state index in [9.17, 15) is 4.79 Å². The van der Waals surface area contributed by atoms with Crippen molar-refractivity contribution in [2.24, 2.45) is 0 Å². The Morgan fingerprint density at radius 2 is 2.33 bits per heavy atom. The summed E-state index contributed by atoms with van der Waals surface area (Å²) in [7, 11) is 0. The maximum Gasteiger partial charge on any atom is 0.152 e. The average Bonchev–Trinajstić information content (AvgIpc) is 2.36. The van der Waals surface area contributed by atoms with Gasteiger partial charge in [0.15, 0.2) is 5.78 Å². The van der Waals surface area contributed by atoms with Crippen LogP contribution < -0.4 is 0 Å². The van der Waals surface area contributed by atoms with Gasteiger partial charge >= 0.3 is 0 Å². The van der Waals surface area contributed by atoms with Crippen LogP contribution in [-0.2, 0) is 11.3 Å². The first-order valence-electron chi connectivity index (χ1n) is 3.53. The second-order valence-electron chi connectivity index (χ2n) is 2.35.